The second kappa shape index (κ2) is 49.5. The molecule has 1 unspecified atom stereocenters. The van der Waals surface area contributed by atoms with Gasteiger partial charge in [-0.2, -0.15) is 0 Å². The number of carbonyl (C=O) groups is 3. The predicted octanol–water partition coefficient (Wildman–Crippen LogP) is 16.6. The number of unbranched alkanes of at least 4 members (excludes halogenated alkanes) is 22. The van der Waals surface area contributed by atoms with Crippen molar-refractivity contribution >= 4 is 17.9 Å². The van der Waals surface area contributed by atoms with Gasteiger partial charge in [0.2, 0.25) is 0 Å². The van der Waals surface area contributed by atoms with Gasteiger partial charge < -0.3 is 14.2 Å². The van der Waals surface area contributed by atoms with E-state index in [4.69, 9.17) is 14.2 Å². The molecule has 0 amide bonds. The Morgan fingerprint density at radius 2 is 0.672 bits per heavy atom. The lowest BCUT2D eigenvalue weighted by Crippen LogP contribution is -2.30. The third-order valence-corrected chi connectivity index (χ3v) is 10.7. The molecule has 0 spiro atoms. The molecule has 0 aromatic carbocycles. The van der Waals surface area contributed by atoms with Crippen LogP contribution >= 0.6 is 0 Å². The molecule has 0 bridgehead atoms. The van der Waals surface area contributed by atoms with Crippen molar-refractivity contribution in [1.82, 2.24) is 0 Å². The second-order valence-corrected chi connectivity index (χ2v) is 16.7. The molecule has 0 aromatic heterocycles. The van der Waals surface area contributed by atoms with Gasteiger partial charge in [0, 0.05) is 19.3 Å². The Bertz CT molecular complexity index is 1160. The summed E-state index contributed by atoms with van der Waals surface area (Å²) in [5.41, 5.74) is 0. The number of carbonyl (C=O) groups excluding carboxylic acids is 3. The summed E-state index contributed by atoms with van der Waals surface area (Å²) in [5.74, 6) is -1.00. The highest BCUT2D eigenvalue weighted by molar-refractivity contribution is 5.71. The molecule has 0 saturated carbocycles. The Hall–Kier alpha value is -3.15. The van der Waals surface area contributed by atoms with Gasteiger partial charge >= 0.3 is 17.9 Å². The van der Waals surface area contributed by atoms with E-state index >= 15 is 0 Å². The molecule has 1 atom stereocenters. The Morgan fingerprint density at radius 3 is 1.13 bits per heavy atom. The Kier molecular flexibility index (Phi) is 46.9. The van der Waals surface area contributed by atoms with Gasteiger partial charge in [-0.15, -0.1) is 0 Å². The third-order valence-electron chi connectivity index (χ3n) is 10.7. The van der Waals surface area contributed by atoms with Crippen LogP contribution in [0.1, 0.15) is 239 Å². The zero-order chi connectivity index (χ0) is 44.4. The lowest BCUT2D eigenvalue weighted by atomic mass is 10.1. The zero-order valence-corrected chi connectivity index (χ0v) is 39.9. The van der Waals surface area contributed by atoms with Crippen molar-refractivity contribution in [2.24, 2.45) is 0 Å². The molecule has 0 aromatic rings. The number of esters is 3. The zero-order valence-electron chi connectivity index (χ0n) is 39.9. The molecule has 0 fully saturated rings. The third kappa shape index (κ3) is 47.7. The molecule has 0 saturated heterocycles. The Labute approximate surface area is 376 Å². The topological polar surface area (TPSA) is 78.9 Å². The summed E-state index contributed by atoms with van der Waals surface area (Å²) < 4.78 is 16.7. The van der Waals surface area contributed by atoms with E-state index in [1.807, 2.05) is 6.08 Å². The number of allylic oxidation sites excluding steroid dienone is 12. The van der Waals surface area contributed by atoms with Crippen LogP contribution in [0.5, 0.6) is 0 Å². The Morgan fingerprint density at radius 1 is 0.344 bits per heavy atom. The molecule has 0 radical (unpaired) electrons. The van der Waals surface area contributed by atoms with Gasteiger partial charge in [0.1, 0.15) is 13.2 Å². The number of rotatable bonds is 45. The van der Waals surface area contributed by atoms with Gasteiger partial charge in [-0.05, 0) is 96.3 Å². The average Bonchev–Trinajstić information content (AvgIpc) is 3.26. The first-order valence-electron chi connectivity index (χ1n) is 25.4. The first-order chi connectivity index (χ1) is 30.0. The second-order valence-electron chi connectivity index (χ2n) is 16.7. The fraction of sp³-hybridized carbons (Fsp3) is 0.727. The maximum atomic E-state index is 12.8. The first kappa shape index (κ1) is 57.9. The monoisotopic (exact) mass is 851 g/mol. The lowest BCUT2D eigenvalue weighted by molar-refractivity contribution is -0.166. The van der Waals surface area contributed by atoms with Gasteiger partial charge in [0.05, 0.1) is 0 Å². The van der Waals surface area contributed by atoms with Crippen LogP contribution in [0.2, 0.25) is 0 Å². The van der Waals surface area contributed by atoms with Gasteiger partial charge in [0.15, 0.2) is 6.10 Å². The van der Waals surface area contributed by atoms with Crippen LogP contribution in [-0.2, 0) is 28.6 Å². The summed E-state index contributed by atoms with van der Waals surface area (Å²) in [5, 5.41) is 0. The molecule has 350 valence electrons. The van der Waals surface area contributed by atoms with Crippen molar-refractivity contribution in [1.29, 1.82) is 0 Å². The van der Waals surface area contributed by atoms with Crippen LogP contribution in [-0.4, -0.2) is 37.2 Å². The molecule has 6 heteroatoms. The Balaban J connectivity index is 4.48. The van der Waals surface area contributed by atoms with E-state index in [2.05, 4.69) is 87.6 Å². The van der Waals surface area contributed by atoms with Crippen LogP contribution in [0.15, 0.2) is 72.9 Å². The highest BCUT2D eigenvalue weighted by Gasteiger charge is 2.19. The summed E-state index contributed by atoms with van der Waals surface area (Å²) >= 11 is 0. The first-order valence-corrected chi connectivity index (χ1v) is 25.4. The predicted molar refractivity (Wildman–Crippen MR) is 261 cm³/mol. The maximum Gasteiger partial charge on any atom is 0.306 e. The minimum atomic E-state index is -0.810. The summed E-state index contributed by atoms with van der Waals surface area (Å²) in [7, 11) is 0. The van der Waals surface area contributed by atoms with Gasteiger partial charge in [-0.3, -0.25) is 14.4 Å². The smallest absolute Gasteiger partial charge is 0.306 e. The highest BCUT2D eigenvalue weighted by atomic mass is 16.6. The van der Waals surface area contributed by atoms with Crippen molar-refractivity contribution in [2.45, 2.75) is 245 Å². The molecular formula is C55H94O6. The van der Waals surface area contributed by atoms with Gasteiger partial charge in [0.25, 0.3) is 0 Å². The fourth-order valence-electron chi connectivity index (χ4n) is 6.86. The molecule has 0 aliphatic rings. The van der Waals surface area contributed by atoms with E-state index < -0.39 is 6.10 Å². The van der Waals surface area contributed by atoms with E-state index in [-0.39, 0.29) is 37.5 Å². The SMILES string of the molecule is CC/C=C\C/C=C\C/C=C\CCCCCCCCC(=O)OCC(COC(=O)CC/C=C\C/C=C\CCCCCCCC)OC(=O)CCCCC/C=C\CCCCCCCCC. The van der Waals surface area contributed by atoms with Gasteiger partial charge in [-0.1, -0.05) is 196 Å². The lowest BCUT2D eigenvalue weighted by Gasteiger charge is -2.18. The van der Waals surface area contributed by atoms with Crippen molar-refractivity contribution in [3.63, 3.8) is 0 Å². The van der Waals surface area contributed by atoms with Crippen molar-refractivity contribution in [2.75, 3.05) is 13.2 Å². The number of ether oxygens (including phenoxy) is 3. The summed E-state index contributed by atoms with van der Waals surface area (Å²) in [6.07, 6.45) is 61.8. The minimum absolute atomic E-state index is 0.106. The van der Waals surface area contributed by atoms with Crippen LogP contribution in [0, 0.1) is 0 Å². The molecule has 6 nitrogen and oxygen atoms in total. The van der Waals surface area contributed by atoms with E-state index in [9.17, 15) is 14.4 Å². The average molecular weight is 851 g/mol. The largest absolute Gasteiger partial charge is 0.462 e. The number of hydrogen-bond acceptors (Lipinski definition) is 6. The molecule has 0 aliphatic carbocycles. The standard InChI is InChI=1S/C55H94O6/c1-4-7-10-13-16-19-22-25-27-28-31-33-36-39-42-45-48-54(57)60-51-52(50-59-53(56)47-44-41-38-35-32-29-24-21-18-15-12-9-6-3)61-55(58)49-46-43-40-37-34-30-26-23-20-17-14-11-8-5-2/h7,10,16,19,25,27,29-30,32,34,38,41,52H,4-6,8-9,11-15,17-18,20-24,26,28,31,33,35-37,39-40,42-51H2,1-3H3/b10-7-,19-16-,27-25-,32-29-,34-30-,41-38-. The van der Waals surface area contributed by atoms with Crippen molar-refractivity contribution in [3.05, 3.63) is 72.9 Å². The van der Waals surface area contributed by atoms with E-state index in [1.165, 1.54) is 96.3 Å². The van der Waals surface area contributed by atoms with Crippen molar-refractivity contribution in [3.8, 4) is 0 Å². The van der Waals surface area contributed by atoms with Crippen LogP contribution in [0.4, 0.5) is 0 Å². The van der Waals surface area contributed by atoms with E-state index in [0.29, 0.717) is 19.3 Å². The van der Waals surface area contributed by atoms with Crippen molar-refractivity contribution < 1.29 is 28.6 Å². The normalized spacial score (nSPS) is 12.6. The summed E-state index contributed by atoms with van der Waals surface area (Å²) in [6, 6.07) is 0. The molecule has 61 heavy (non-hydrogen) atoms. The molecular weight excluding hydrogens is 757 g/mol. The summed E-state index contributed by atoms with van der Waals surface area (Å²) in [6.45, 7) is 6.43. The van der Waals surface area contributed by atoms with E-state index in [1.54, 1.807) is 0 Å². The van der Waals surface area contributed by atoms with Crippen LogP contribution in [0.3, 0.4) is 0 Å². The van der Waals surface area contributed by atoms with E-state index in [0.717, 1.165) is 96.3 Å². The van der Waals surface area contributed by atoms with Crippen LogP contribution in [0.25, 0.3) is 0 Å². The van der Waals surface area contributed by atoms with Crippen LogP contribution < -0.4 is 0 Å². The number of hydrogen-bond donors (Lipinski definition) is 0. The minimum Gasteiger partial charge on any atom is -0.462 e. The molecule has 0 N–H and O–H groups in total. The molecule has 0 aliphatic heterocycles. The van der Waals surface area contributed by atoms with Gasteiger partial charge in [-0.25, -0.2) is 0 Å². The highest BCUT2D eigenvalue weighted by Crippen LogP contribution is 2.13. The fourth-order valence-corrected chi connectivity index (χ4v) is 6.86. The quantitative estimate of drug-likeness (QED) is 0.0263. The maximum absolute atomic E-state index is 12.8. The summed E-state index contributed by atoms with van der Waals surface area (Å²) in [4.78, 5) is 37.9. The molecule has 0 rings (SSSR count). The molecule has 0 heterocycles.